The maximum atomic E-state index is 13.1. The highest BCUT2D eigenvalue weighted by atomic mass is 32.1. The quantitative estimate of drug-likeness (QED) is 0.514. The Morgan fingerprint density at radius 1 is 1.03 bits per heavy atom. The summed E-state index contributed by atoms with van der Waals surface area (Å²) < 4.78 is 1.18. The van der Waals surface area contributed by atoms with Crippen molar-refractivity contribution < 1.29 is 14.4 Å². The van der Waals surface area contributed by atoms with Crippen LogP contribution in [0.5, 0.6) is 0 Å². The van der Waals surface area contributed by atoms with Crippen LogP contribution < -0.4 is 5.32 Å². The minimum atomic E-state index is -0.997. The second-order valence-electron chi connectivity index (χ2n) is 9.37. The van der Waals surface area contributed by atoms with E-state index in [2.05, 4.69) is 16.3 Å². The number of thiazole rings is 1. The summed E-state index contributed by atoms with van der Waals surface area (Å²) in [4.78, 5) is 48.4. The number of carbonyl (C=O) groups excluding carboxylic acids is 3. The van der Waals surface area contributed by atoms with Gasteiger partial charge in [0.15, 0.2) is 0 Å². The fourth-order valence-electron chi connectivity index (χ4n) is 4.67. The number of amides is 4. The minimum Gasteiger partial charge on any atom is -0.339 e. The number of carbonyl (C=O) groups is 3. The summed E-state index contributed by atoms with van der Waals surface area (Å²) in [7, 11) is 0. The van der Waals surface area contributed by atoms with Crippen molar-refractivity contribution in [2.75, 3.05) is 32.7 Å². The van der Waals surface area contributed by atoms with Crippen molar-refractivity contribution in [2.45, 2.75) is 31.8 Å². The second kappa shape index (κ2) is 9.75. The molecule has 9 heteroatoms. The normalized spacial score (nSPS) is 21.1. The first kappa shape index (κ1) is 23.4. The number of aromatic nitrogens is 1. The van der Waals surface area contributed by atoms with Gasteiger partial charge in [-0.15, -0.1) is 11.3 Å². The maximum Gasteiger partial charge on any atom is 0.325 e. The Labute approximate surface area is 208 Å². The molecule has 2 aromatic carbocycles. The molecular formula is C26H29N5O3S. The van der Waals surface area contributed by atoms with E-state index < -0.39 is 11.6 Å². The molecule has 0 unspecified atom stereocenters. The van der Waals surface area contributed by atoms with Crippen LogP contribution in [0.3, 0.4) is 0 Å². The summed E-state index contributed by atoms with van der Waals surface area (Å²) in [5.74, 6) is -0.526. The molecule has 182 valence electrons. The zero-order valence-electron chi connectivity index (χ0n) is 19.8. The average Bonchev–Trinajstić information content (AvgIpc) is 3.37. The molecular weight excluding hydrogens is 462 g/mol. The van der Waals surface area contributed by atoms with Gasteiger partial charge in [0.25, 0.3) is 5.91 Å². The van der Waals surface area contributed by atoms with E-state index in [1.165, 1.54) is 4.70 Å². The Morgan fingerprint density at radius 3 is 2.49 bits per heavy atom. The first-order valence-electron chi connectivity index (χ1n) is 11.9. The van der Waals surface area contributed by atoms with E-state index in [1.807, 2.05) is 48.5 Å². The van der Waals surface area contributed by atoms with E-state index in [0.717, 1.165) is 40.6 Å². The molecule has 0 saturated carbocycles. The van der Waals surface area contributed by atoms with Crippen molar-refractivity contribution in [1.29, 1.82) is 0 Å². The number of para-hydroxylation sites is 1. The highest BCUT2D eigenvalue weighted by Gasteiger charge is 2.48. The first-order valence-corrected chi connectivity index (χ1v) is 12.8. The summed E-state index contributed by atoms with van der Waals surface area (Å²) in [5, 5.41) is 3.88. The molecule has 0 spiro atoms. The van der Waals surface area contributed by atoms with Gasteiger partial charge in [-0.05, 0) is 37.5 Å². The lowest BCUT2D eigenvalue weighted by molar-refractivity contribution is -0.139. The minimum absolute atomic E-state index is 0.194. The molecule has 2 fully saturated rings. The van der Waals surface area contributed by atoms with Gasteiger partial charge in [-0.1, -0.05) is 42.5 Å². The highest BCUT2D eigenvalue weighted by Crippen LogP contribution is 2.25. The van der Waals surface area contributed by atoms with Crippen molar-refractivity contribution in [3.63, 3.8) is 0 Å². The number of hydrogen-bond acceptors (Lipinski definition) is 6. The van der Waals surface area contributed by atoms with Crippen LogP contribution in [0.15, 0.2) is 54.6 Å². The van der Waals surface area contributed by atoms with Crippen LogP contribution in [-0.2, 0) is 22.6 Å². The molecule has 3 aromatic rings. The molecule has 2 saturated heterocycles. The molecule has 3 heterocycles. The summed E-state index contributed by atoms with van der Waals surface area (Å²) in [6, 6.07) is 17.5. The molecule has 0 radical (unpaired) electrons. The fraction of sp³-hybridized carbons (Fsp3) is 0.385. The van der Waals surface area contributed by atoms with Gasteiger partial charge in [-0.2, -0.15) is 0 Å². The van der Waals surface area contributed by atoms with Gasteiger partial charge in [0, 0.05) is 26.2 Å². The second-order valence-corrected chi connectivity index (χ2v) is 10.5. The SMILES string of the molecule is C[C@@]1(CCc2ccccc2)NC(=O)N(CC(=O)N2CCN(Cc3nc4ccccc4s3)CC2)C1=O. The summed E-state index contributed by atoms with van der Waals surface area (Å²) in [6.07, 6.45) is 1.15. The third-order valence-electron chi connectivity index (χ3n) is 6.82. The number of nitrogens with one attached hydrogen (secondary N) is 1. The lowest BCUT2D eigenvalue weighted by atomic mass is 9.93. The highest BCUT2D eigenvalue weighted by molar-refractivity contribution is 7.18. The zero-order valence-corrected chi connectivity index (χ0v) is 20.6. The van der Waals surface area contributed by atoms with E-state index in [0.29, 0.717) is 25.9 Å². The zero-order chi connectivity index (χ0) is 24.4. The maximum absolute atomic E-state index is 13.1. The molecule has 0 aliphatic carbocycles. The molecule has 4 amide bonds. The van der Waals surface area contributed by atoms with Gasteiger partial charge < -0.3 is 10.2 Å². The van der Waals surface area contributed by atoms with E-state index in [9.17, 15) is 14.4 Å². The number of nitrogens with zero attached hydrogens (tertiary/aromatic N) is 4. The number of imide groups is 1. The van der Waals surface area contributed by atoms with Gasteiger partial charge in [-0.25, -0.2) is 9.78 Å². The predicted octanol–water partition coefficient (Wildman–Crippen LogP) is 2.88. The van der Waals surface area contributed by atoms with Crippen molar-refractivity contribution in [3.8, 4) is 0 Å². The molecule has 2 aliphatic rings. The van der Waals surface area contributed by atoms with Crippen LogP contribution in [0.1, 0.15) is 23.9 Å². The standard InChI is InChI=1S/C26H29N5O3S/c1-26(12-11-19-7-3-2-4-8-19)24(33)31(25(34)28-26)18-23(32)30-15-13-29(14-16-30)17-22-27-20-9-5-6-10-21(20)35-22/h2-10H,11-18H2,1H3,(H,28,34)/t26-/m0/s1. The summed E-state index contributed by atoms with van der Waals surface area (Å²) in [5.41, 5.74) is 1.13. The van der Waals surface area contributed by atoms with Crippen LogP contribution in [0.2, 0.25) is 0 Å². The predicted molar refractivity (Wildman–Crippen MR) is 135 cm³/mol. The first-order chi connectivity index (χ1) is 16.9. The lowest BCUT2D eigenvalue weighted by Gasteiger charge is -2.34. The van der Waals surface area contributed by atoms with Crippen molar-refractivity contribution in [3.05, 3.63) is 65.2 Å². The molecule has 35 heavy (non-hydrogen) atoms. The van der Waals surface area contributed by atoms with Gasteiger partial charge in [0.05, 0.1) is 16.8 Å². The topological polar surface area (TPSA) is 85.8 Å². The number of benzene rings is 2. The molecule has 5 rings (SSSR count). The number of piperazine rings is 1. The Balaban J connectivity index is 1.13. The number of urea groups is 1. The largest absolute Gasteiger partial charge is 0.339 e. The number of rotatable bonds is 7. The Hall–Kier alpha value is -3.30. The van der Waals surface area contributed by atoms with E-state index in [-0.39, 0.29) is 18.4 Å². The van der Waals surface area contributed by atoms with Gasteiger partial charge in [-0.3, -0.25) is 19.4 Å². The summed E-state index contributed by atoms with van der Waals surface area (Å²) in [6.45, 7) is 4.88. The molecule has 8 nitrogen and oxygen atoms in total. The number of hydrogen-bond donors (Lipinski definition) is 1. The smallest absolute Gasteiger partial charge is 0.325 e. The van der Waals surface area contributed by atoms with Crippen molar-refractivity contribution in [1.82, 2.24) is 25.0 Å². The Morgan fingerprint density at radius 2 is 1.74 bits per heavy atom. The Bertz CT molecular complexity index is 1210. The molecule has 1 aromatic heterocycles. The molecule has 1 N–H and O–H groups in total. The van der Waals surface area contributed by atoms with Crippen molar-refractivity contribution >= 4 is 39.4 Å². The van der Waals surface area contributed by atoms with Crippen LogP contribution in [-0.4, -0.2) is 75.8 Å². The summed E-state index contributed by atoms with van der Waals surface area (Å²) >= 11 is 1.70. The Kier molecular flexibility index (Phi) is 6.53. The van der Waals surface area contributed by atoms with Crippen LogP contribution in [0, 0.1) is 0 Å². The van der Waals surface area contributed by atoms with Crippen LogP contribution in [0.4, 0.5) is 4.79 Å². The lowest BCUT2D eigenvalue weighted by Crippen LogP contribution is -2.52. The van der Waals surface area contributed by atoms with Crippen LogP contribution >= 0.6 is 11.3 Å². The number of fused-ring (bicyclic) bond motifs is 1. The molecule has 1 atom stereocenters. The monoisotopic (exact) mass is 491 g/mol. The van der Waals surface area contributed by atoms with Crippen LogP contribution in [0.25, 0.3) is 10.2 Å². The third kappa shape index (κ3) is 5.06. The van der Waals surface area contributed by atoms with Crippen molar-refractivity contribution in [2.24, 2.45) is 0 Å². The van der Waals surface area contributed by atoms with Gasteiger partial charge in [0.2, 0.25) is 5.91 Å². The van der Waals surface area contributed by atoms with E-state index in [4.69, 9.17) is 4.98 Å². The van der Waals surface area contributed by atoms with Gasteiger partial charge >= 0.3 is 6.03 Å². The third-order valence-corrected chi connectivity index (χ3v) is 7.84. The molecule has 2 aliphatic heterocycles. The van der Waals surface area contributed by atoms with E-state index >= 15 is 0 Å². The number of aryl methyl sites for hydroxylation is 1. The average molecular weight is 492 g/mol. The van der Waals surface area contributed by atoms with Gasteiger partial charge in [0.1, 0.15) is 17.1 Å². The fourth-order valence-corrected chi connectivity index (χ4v) is 5.68. The molecule has 0 bridgehead atoms. The van der Waals surface area contributed by atoms with E-state index in [1.54, 1.807) is 23.2 Å².